The second kappa shape index (κ2) is 8.10. The van der Waals surface area contributed by atoms with E-state index >= 15 is 0 Å². The third-order valence-electron chi connectivity index (χ3n) is 3.12. The Morgan fingerprint density at radius 2 is 2.32 bits per heavy atom. The topological polar surface area (TPSA) is 41.1 Å². The first kappa shape index (κ1) is 16.8. The van der Waals surface area contributed by atoms with E-state index in [1.54, 1.807) is 18.2 Å². The molecule has 0 saturated carbocycles. The highest BCUT2D eigenvalue weighted by Gasteiger charge is 2.14. The van der Waals surface area contributed by atoms with Gasteiger partial charge < -0.3 is 10.6 Å². The molecular weight excluding hydrogens is 351 g/mol. The molecule has 1 aliphatic heterocycles. The Balaban J connectivity index is 0.00000180. The van der Waals surface area contributed by atoms with Crippen LogP contribution in [0.5, 0.6) is 0 Å². The minimum absolute atomic E-state index is 0. The summed E-state index contributed by atoms with van der Waals surface area (Å²) >= 11 is 9.26. The SMILES string of the molecule is Cl.O=C(NCC[C@H]1CCCN1)c1ccc(Br)c(Cl)c1. The molecular formula is C13H17BrCl2N2O. The molecule has 0 radical (unpaired) electrons. The fourth-order valence-electron chi connectivity index (χ4n) is 2.10. The number of benzene rings is 1. The van der Waals surface area contributed by atoms with Crippen LogP contribution in [-0.4, -0.2) is 25.0 Å². The van der Waals surface area contributed by atoms with Gasteiger partial charge in [-0.2, -0.15) is 0 Å². The molecule has 2 N–H and O–H groups in total. The maximum Gasteiger partial charge on any atom is 0.251 e. The lowest BCUT2D eigenvalue weighted by molar-refractivity contribution is 0.0952. The molecule has 106 valence electrons. The van der Waals surface area contributed by atoms with Crippen LogP contribution in [0.4, 0.5) is 0 Å². The van der Waals surface area contributed by atoms with Gasteiger partial charge in [0.1, 0.15) is 0 Å². The fraction of sp³-hybridized carbons (Fsp3) is 0.462. The Hall–Kier alpha value is -0.290. The summed E-state index contributed by atoms with van der Waals surface area (Å²) in [6.45, 7) is 1.80. The minimum Gasteiger partial charge on any atom is -0.352 e. The lowest BCUT2D eigenvalue weighted by Gasteiger charge is -2.11. The fourth-order valence-corrected chi connectivity index (χ4v) is 2.53. The van der Waals surface area contributed by atoms with Crippen LogP contribution < -0.4 is 10.6 Å². The number of hydrogen-bond acceptors (Lipinski definition) is 2. The Labute approximate surface area is 133 Å². The summed E-state index contributed by atoms with van der Waals surface area (Å²) in [5.41, 5.74) is 0.600. The summed E-state index contributed by atoms with van der Waals surface area (Å²) in [5.74, 6) is -0.0672. The van der Waals surface area contributed by atoms with Gasteiger partial charge in [-0.25, -0.2) is 0 Å². The quantitative estimate of drug-likeness (QED) is 0.856. The summed E-state index contributed by atoms with van der Waals surface area (Å²) in [4.78, 5) is 11.9. The van der Waals surface area contributed by atoms with E-state index in [1.807, 2.05) is 0 Å². The molecule has 1 aromatic carbocycles. The second-order valence-electron chi connectivity index (χ2n) is 4.47. The number of halogens is 3. The monoisotopic (exact) mass is 366 g/mol. The molecule has 1 aromatic rings. The predicted octanol–water partition coefficient (Wildman–Crippen LogP) is 3.40. The van der Waals surface area contributed by atoms with Gasteiger partial charge in [-0.05, 0) is 59.9 Å². The maximum atomic E-state index is 11.9. The van der Waals surface area contributed by atoms with Crippen LogP contribution >= 0.6 is 39.9 Å². The Morgan fingerprint density at radius 3 is 2.95 bits per heavy atom. The largest absolute Gasteiger partial charge is 0.352 e. The van der Waals surface area contributed by atoms with Gasteiger partial charge in [0.05, 0.1) is 5.02 Å². The van der Waals surface area contributed by atoms with Crippen LogP contribution in [0, 0.1) is 0 Å². The van der Waals surface area contributed by atoms with E-state index < -0.39 is 0 Å². The molecule has 1 aliphatic rings. The van der Waals surface area contributed by atoms with Crippen molar-refractivity contribution >= 4 is 45.8 Å². The summed E-state index contributed by atoms with van der Waals surface area (Å²) in [6.07, 6.45) is 3.43. The van der Waals surface area contributed by atoms with Gasteiger partial charge in [0.2, 0.25) is 0 Å². The van der Waals surface area contributed by atoms with Gasteiger partial charge in [-0.1, -0.05) is 11.6 Å². The zero-order valence-electron chi connectivity index (χ0n) is 10.4. The molecule has 0 spiro atoms. The summed E-state index contributed by atoms with van der Waals surface area (Å²) in [6, 6.07) is 5.78. The highest BCUT2D eigenvalue weighted by Crippen LogP contribution is 2.23. The van der Waals surface area contributed by atoms with E-state index in [0.29, 0.717) is 23.2 Å². The van der Waals surface area contributed by atoms with E-state index in [0.717, 1.165) is 17.4 Å². The molecule has 6 heteroatoms. The molecule has 0 bridgehead atoms. The standard InChI is InChI=1S/C13H16BrClN2O.ClH/c14-11-4-3-9(8-12(11)15)13(18)17-7-5-10-2-1-6-16-10;/h3-4,8,10,16H,1-2,5-7H2,(H,17,18);1H/t10-;/m1./s1. The van der Waals surface area contributed by atoms with Gasteiger partial charge in [0.15, 0.2) is 0 Å². The average Bonchev–Trinajstić information content (AvgIpc) is 2.85. The number of carbonyl (C=O) groups is 1. The summed E-state index contributed by atoms with van der Waals surface area (Å²) in [7, 11) is 0. The van der Waals surface area contributed by atoms with Crippen LogP contribution in [0.2, 0.25) is 5.02 Å². The minimum atomic E-state index is -0.0672. The average molecular weight is 368 g/mol. The van der Waals surface area contributed by atoms with Gasteiger partial charge in [0.25, 0.3) is 5.91 Å². The number of rotatable bonds is 4. The zero-order chi connectivity index (χ0) is 13.0. The molecule has 2 rings (SSSR count). The van der Waals surface area contributed by atoms with Crippen molar-refractivity contribution in [3.05, 3.63) is 33.3 Å². The first-order valence-electron chi connectivity index (χ1n) is 6.13. The Morgan fingerprint density at radius 1 is 1.53 bits per heavy atom. The summed E-state index contributed by atoms with van der Waals surface area (Å²) < 4.78 is 0.802. The molecule has 1 fully saturated rings. The van der Waals surface area contributed by atoms with E-state index in [-0.39, 0.29) is 18.3 Å². The van der Waals surface area contributed by atoms with Crippen molar-refractivity contribution in [2.45, 2.75) is 25.3 Å². The first-order chi connectivity index (χ1) is 8.66. The van der Waals surface area contributed by atoms with Crippen molar-refractivity contribution < 1.29 is 4.79 Å². The van der Waals surface area contributed by atoms with Crippen molar-refractivity contribution in [2.24, 2.45) is 0 Å². The highest BCUT2D eigenvalue weighted by molar-refractivity contribution is 9.10. The molecule has 19 heavy (non-hydrogen) atoms. The molecule has 3 nitrogen and oxygen atoms in total. The highest BCUT2D eigenvalue weighted by atomic mass is 79.9. The molecule has 0 unspecified atom stereocenters. The van der Waals surface area contributed by atoms with Gasteiger partial charge >= 0.3 is 0 Å². The predicted molar refractivity (Wildman–Crippen MR) is 84.4 cm³/mol. The van der Waals surface area contributed by atoms with Gasteiger partial charge in [0, 0.05) is 22.6 Å². The van der Waals surface area contributed by atoms with Crippen molar-refractivity contribution in [1.29, 1.82) is 0 Å². The molecule has 1 atom stereocenters. The number of amides is 1. The van der Waals surface area contributed by atoms with Gasteiger partial charge in [-0.3, -0.25) is 4.79 Å². The van der Waals surface area contributed by atoms with Crippen LogP contribution in [0.3, 0.4) is 0 Å². The molecule has 0 aromatic heterocycles. The van der Waals surface area contributed by atoms with Crippen LogP contribution in [0.15, 0.2) is 22.7 Å². The lowest BCUT2D eigenvalue weighted by Crippen LogP contribution is -2.30. The van der Waals surface area contributed by atoms with Crippen molar-refractivity contribution in [2.75, 3.05) is 13.1 Å². The molecule has 1 amide bonds. The summed E-state index contributed by atoms with van der Waals surface area (Å²) in [5, 5.41) is 6.88. The van der Waals surface area contributed by atoms with E-state index in [2.05, 4.69) is 26.6 Å². The molecule has 0 aliphatic carbocycles. The van der Waals surface area contributed by atoms with Crippen molar-refractivity contribution in [3.8, 4) is 0 Å². The lowest BCUT2D eigenvalue weighted by atomic mass is 10.1. The zero-order valence-corrected chi connectivity index (χ0v) is 13.6. The van der Waals surface area contributed by atoms with Crippen LogP contribution in [0.25, 0.3) is 0 Å². The number of carbonyl (C=O) groups excluding carboxylic acids is 1. The molecule has 1 saturated heterocycles. The van der Waals surface area contributed by atoms with Crippen LogP contribution in [0.1, 0.15) is 29.6 Å². The van der Waals surface area contributed by atoms with Gasteiger partial charge in [-0.15, -0.1) is 12.4 Å². The Bertz CT molecular complexity index is 437. The number of nitrogens with one attached hydrogen (secondary N) is 2. The molecule has 1 heterocycles. The normalized spacial score (nSPS) is 17.9. The second-order valence-corrected chi connectivity index (χ2v) is 5.73. The van der Waals surface area contributed by atoms with E-state index in [1.165, 1.54) is 12.8 Å². The number of hydrogen-bond donors (Lipinski definition) is 2. The van der Waals surface area contributed by atoms with E-state index in [9.17, 15) is 4.79 Å². The third kappa shape index (κ3) is 4.95. The smallest absolute Gasteiger partial charge is 0.251 e. The van der Waals surface area contributed by atoms with Crippen molar-refractivity contribution in [3.63, 3.8) is 0 Å². The maximum absolute atomic E-state index is 11.9. The van der Waals surface area contributed by atoms with E-state index in [4.69, 9.17) is 11.6 Å². The Kier molecular flexibility index (Phi) is 7.15. The van der Waals surface area contributed by atoms with Crippen molar-refractivity contribution in [1.82, 2.24) is 10.6 Å². The first-order valence-corrected chi connectivity index (χ1v) is 7.30. The third-order valence-corrected chi connectivity index (χ3v) is 4.36. The van der Waals surface area contributed by atoms with Crippen LogP contribution in [-0.2, 0) is 0 Å².